The predicted molar refractivity (Wildman–Crippen MR) is 121 cm³/mol. The van der Waals surface area contributed by atoms with Gasteiger partial charge in [0.1, 0.15) is 6.17 Å². The Labute approximate surface area is 191 Å². The first kappa shape index (κ1) is 23.8. The summed E-state index contributed by atoms with van der Waals surface area (Å²) in [5, 5.41) is 21.2. The number of benzene rings is 2. The van der Waals surface area contributed by atoms with Crippen molar-refractivity contribution in [1.82, 2.24) is 0 Å². The van der Waals surface area contributed by atoms with Crippen LogP contribution in [-0.4, -0.2) is 23.2 Å². The maximum Gasteiger partial charge on any atom is 0.336 e. The van der Waals surface area contributed by atoms with Crippen LogP contribution in [0.2, 0.25) is 0 Å². The van der Waals surface area contributed by atoms with Gasteiger partial charge in [0.2, 0.25) is 0 Å². The number of rotatable bonds is 8. The second kappa shape index (κ2) is 10.6. The number of esters is 1. The van der Waals surface area contributed by atoms with Crippen LogP contribution in [0.3, 0.4) is 0 Å². The Morgan fingerprint density at radius 1 is 1.27 bits per heavy atom. The Balaban J connectivity index is 2.07. The lowest BCUT2D eigenvalue weighted by molar-refractivity contribution is -0.384. The molecule has 7 nitrogen and oxygen atoms in total. The van der Waals surface area contributed by atoms with E-state index in [0.717, 1.165) is 0 Å². The van der Waals surface area contributed by atoms with Crippen molar-refractivity contribution in [2.45, 2.75) is 38.8 Å². The van der Waals surface area contributed by atoms with Gasteiger partial charge in [0.15, 0.2) is 0 Å². The molecule has 0 spiro atoms. The molecule has 0 amide bonds. The van der Waals surface area contributed by atoms with Crippen molar-refractivity contribution in [3.05, 3.63) is 87.1 Å². The summed E-state index contributed by atoms with van der Waals surface area (Å²) in [7, 11) is 0. The van der Waals surface area contributed by atoms with E-state index in [1.165, 1.54) is 18.2 Å². The molecule has 0 bridgehead atoms. The van der Waals surface area contributed by atoms with Crippen LogP contribution in [0.1, 0.15) is 49.9 Å². The molecule has 33 heavy (non-hydrogen) atoms. The molecule has 1 aliphatic rings. The van der Waals surface area contributed by atoms with Crippen LogP contribution in [0.25, 0.3) is 0 Å². The molecule has 170 valence electrons. The van der Waals surface area contributed by atoms with E-state index in [9.17, 15) is 24.6 Å². The molecule has 2 aromatic rings. The van der Waals surface area contributed by atoms with Crippen LogP contribution in [0, 0.1) is 27.4 Å². The minimum atomic E-state index is -1.26. The van der Waals surface area contributed by atoms with E-state index in [2.05, 4.69) is 11.1 Å². The molecule has 1 aliphatic heterocycles. The Morgan fingerprint density at radius 3 is 2.64 bits per heavy atom. The number of ether oxygens (including phenoxy) is 1. The molecule has 0 saturated heterocycles. The van der Waals surface area contributed by atoms with Gasteiger partial charge in [-0.2, -0.15) is 5.26 Å². The first-order valence-electron chi connectivity index (χ1n) is 10.7. The number of carbonyl (C=O) groups is 1. The van der Waals surface area contributed by atoms with Crippen LogP contribution in [0.5, 0.6) is 0 Å². The fraction of sp³-hybridized carbons (Fsp3) is 0.320. The van der Waals surface area contributed by atoms with Crippen molar-refractivity contribution in [2.24, 2.45) is 10.9 Å². The zero-order chi connectivity index (χ0) is 24.0. The fourth-order valence-electron chi connectivity index (χ4n) is 4.03. The molecule has 3 rings (SSSR count). The lowest BCUT2D eigenvalue weighted by Crippen LogP contribution is -2.30. The van der Waals surface area contributed by atoms with Crippen LogP contribution >= 0.6 is 0 Å². The van der Waals surface area contributed by atoms with Crippen LogP contribution in [0.15, 0.2) is 70.9 Å². The summed E-state index contributed by atoms with van der Waals surface area (Å²) in [5.41, 5.74) is 1.76. The molecule has 0 radical (unpaired) electrons. The molecule has 0 saturated carbocycles. The first-order valence-corrected chi connectivity index (χ1v) is 10.7. The smallest absolute Gasteiger partial charge is 0.336 e. The number of nitriles is 1. The molecular weight excluding hydrogens is 425 g/mol. The van der Waals surface area contributed by atoms with Gasteiger partial charge in [-0.3, -0.25) is 15.1 Å². The molecule has 0 fully saturated rings. The van der Waals surface area contributed by atoms with Gasteiger partial charge >= 0.3 is 5.97 Å². The van der Waals surface area contributed by atoms with Crippen LogP contribution in [0.4, 0.5) is 10.1 Å². The number of hydrogen-bond acceptors (Lipinski definition) is 6. The third-order valence-electron chi connectivity index (χ3n) is 5.59. The van der Waals surface area contributed by atoms with Gasteiger partial charge in [-0.15, -0.1) is 0 Å². The summed E-state index contributed by atoms with van der Waals surface area (Å²) in [6.07, 6.45) is -1.04. The summed E-state index contributed by atoms with van der Waals surface area (Å²) < 4.78 is 20.1. The number of carbonyl (C=O) groups excluding carboxylic acids is 1. The van der Waals surface area contributed by atoms with Crippen molar-refractivity contribution in [3.8, 4) is 6.07 Å². The number of alkyl halides is 1. The van der Waals surface area contributed by atoms with E-state index < -0.39 is 28.9 Å². The topological polar surface area (TPSA) is 106 Å². The maximum absolute atomic E-state index is 14.9. The maximum atomic E-state index is 14.9. The Kier molecular flexibility index (Phi) is 7.67. The summed E-state index contributed by atoms with van der Waals surface area (Å²) in [5.74, 6) is -2.28. The number of non-ortho nitro benzene ring substituents is 1. The molecule has 0 aromatic heterocycles. The molecule has 2 aromatic carbocycles. The lowest BCUT2D eigenvalue weighted by atomic mass is 9.75. The highest BCUT2D eigenvalue weighted by atomic mass is 19.1. The lowest BCUT2D eigenvalue weighted by Gasteiger charge is -2.30. The minimum absolute atomic E-state index is 0.0813. The third kappa shape index (κ3) is 5.32. The SMILES string of the molecule is CCOC(=O)C1=C(CCC(F)c2ccccc2)N=C(C)C(C#N)C1c1cccc([N+](=O)[O-])c1. The number of allylic oxidation sites excluding steroid dienone is 1. The Bertz CT molecular complexity index is 1140. The number of nitrogens with zero attached hydrogens (tertiary/aromatic N) is 3. The van der Waals surface area contributed by atoms with E-state index in [0.29, 0.717) is 22.5 Å². The van der Waals surface area contributed by atoms with Crippen molar-refractivity contribution in [3.63, 3.8) is 0 Å². The van der Waals surface area contributed by atoms with E-state index in [1.807, 2.05) is 0 Å². The molecule has 0 N–H and O–H groups in total. The Morgan fingerprint density at radius 2 is 2.00 bits per heavy atom. The highest BCUT2D eigenvalue weighted by Gasteiger charge is 2.39. The number of nitro benzene ring substituents is 1. The van der Waals surface area contributed by atoms with Crippen molar-refractivity contribution < 1.29 is 18.8 Å². The van der Waals surface area contributed by atoms with Gasteiger partial charge in [0.25, 0.3) is 5.69 Å². The van der Waals surface area contributed by atoms with E-state index >= 15 is 0 Å². The number of aliphatic imine (C=N–C) groups is 1. The van der Waals surface area contributed by atoms with E-state index in [4.69, 9.17) is 4.74 Å². The van der Waals surface area contributed by atoms with Crippen molar-refractivity contribution in [1.29, 1.82) is 5.26 Å². The molecular formula is C25H24FN3O4. The molecule has 0 aliphatic carbocycles. The monoisotopic (exact) mass is 449 g/mol. The summed E-state index contributed by atoms with van der Waals surface area (Å²) in [6, 6.07) is 16.7. The minimum Gasteiger partial charge on any atom is -0.463 e. The second-order valence-corrected chi connectivity index (χ2v) is 7.69. The molecule has 3 atom stereocenters. The van der Waals surface area contributed by atoms with E-state index in [-0.39, 0.29) is 30.7 Å². The zero-order valence-electron chi connectivity index (χ0n) is 18.4. The zero-order valence-corrected chi connectivity index (χ0v) is 18.4. The average molecular weight is 449 g/mol. The first-order chi connectivity index (χ1) is 15.9. The summed E-state index contributed by atoms with van der Waals surface area (Å²) in [4.78, 5) is 28.3. The van der Waals surface area contributed by atoms with Crippen LogP contribution in [-0.2, 0) is 9.53 Å². The van der Waals surface area contributed by atoms with Crippen molar-refractivity contribution >= 4 is 17.4 Å². The van der Waals surface area contributed by atoms with Gasteiger partial charge in [0, 0.05) is 23.8 Å². The number of nitro groups is 1. The fourth-order valence-corrected chi connectivity index (χ4v) is 4.03. The van der Waals surface area contributed by atoms with Gasteiger partial charge < -0.3 is 4.74 Å². The normalized spacial score (nSPS) is 18.8. The standard InChI is InChI=1S/C25H24FN3O4/c1-3-33-25(30)24-22(13-12-21(26)17-8-5-4-6-9-17)28-16(2)20(15-27)23(24)18-10-7-11-19(14-18)29(31)32/h4-11,14,20-21,23H,3,12-13H2,1-2H3. The second-order valence-electron chi connectivity index (χ2n) is 7.69. The van der Waals surface area contributed by atoms with Gasteiger partial charge in [-0.25, -0.2) is 9.18 Å². The summed E-state index contributed by atoms with van der Waals surface area (Å²) in [6.45, 7) is 3.43. The van der Waals surface area contributed by atoms with Gasteiger partial charge in [-0.05, 0) is 37.8 Å². The predicted octanol–water partition coefficient (Wildman–Crippen LogP) is 5.60. The summed E-state index contributed by atoms with van der Waals surface area (Å²) >= 11 is 0. The van der Waals surface area contributed by atoms with E-state index in [1.54, 1.807) is 50.2 Å². The molecule has 3 unspecified atom stereocenters. The highest BCUT2D eigenvalue weighted by molar-refractivity contribution is 5.98. The molecule has 1 heterocycles. The van der Waals surface area contributed by atoms with Crippen LogP contribution < -0.4 is 0 Å². The number of halogens is 1. The largest absolute Gasteiger partial charge is 0.463 e. The molecule has 8 heteroatoms. The Hall–Kier alpha value is -3.86. The quantitative estimate of drug-likeness (QED) is 0.296. The number of hydrogen-bond donors (Lipinski definition) is 0. The average Bonchev–Trinajstić information content (AvgIpc) is 2.82. The van der Waals surface area contributed by atoms with Crippen molar-refractivity contribution in [2.75, 3.05) is 6.61 Å². The van der Waals surface area contributed by atoms with Gasteiger partial charge in [0.05, 0.1) is 34.8 Å². The highest BCUT2D eigenvalue weighted by Crippen LogP contribution is 2.42. The third-order valence-corrected chi connectivity index (χ3v) is 5.59. The van der Waals surface area contributed by atoms with Gasteiger partial charge in [-0.1, -0.05) is 42.5 Å².